The number of imidazole rings is 1. The summed E-state index contributed by atoms with van der Waals surface area (Å²) in [5, 5.41) is 3.45. The molecule has 1 N–H and O–H groups in total. The van der Waals surface area contributed by atoms with Crippen LogP contribution in [0.3, 0.4) is 0 Å². The van der Waals surface area contributed by atoms with Gasteiger partial charge in [0, 0.05) is 25.5 Å². The summed E-state index contributed by atoms with van der Waals surface area (Å²) in [6, 6.07) is 0. The molecule has 3 nitrogen and oxygen atoms in total. The van der Waals surface area contributed by atoms with Crippen molar-refractivity contribution in [3.63, 3.8) is 0 Å². The zero-order valence-corrected chi connectivity index (χ0v) is 9.45. The van der Waals surface area contributed by atoms with E-state index in [1.807, 2.05) is 18.7 Å². The van der Waals surface area contributed by atoms with E-state index in [4.69, 9.17) is 0 Å². The molecule has 1 aromatic heterocycles. The highest BCUT2D eigenvalue weighted by molar-refractivity contribution is 4.79. The number of hydrogen-bond acceptors (Lipinski definition) is 2. The van der Waals surface area contributed by atoms with Crippen LogP contribution in [0.25, 0.3) is 0 Å². The molecule has 1 aromatic rings. The van der Waals surface area contributed by atoms with E-state index in [-0.39, 0.29) is 5.41 Å². The highest BCUT2D eigenvalue weighted by atomic mass is 15.0. The third-order valence-electron chi connectivity index (χ3n) is 2.20. The molecule has 14 heavy (non-hydrogen) atoms. The van der Waals surface area contributed by atoms with E-state index in [1.165, 1.54) is 6.42 Å². The SMILES string of the molecule is CCCNCC(C)(C)Cn1ccnc1. The van der Waals surface area contributed by atoms with Gasteiger partial charge >= 0.3 is 0 Å². The van der Waals surface area contributed by atoms with E-state index in [1.54, 1.807) is 0 Å². The summed E-state index contributed by atoms with van der Waals surface area (Å²) in [6.45, 7) is 9.91. The third-order valence-corrected chi connectivity index (χ3v) is 2.20. The van der Waals surface area contributed by atoms with Crippen molar-refractivity contribution in [2.24, 2.45) is 5.41 Å². The number of hydrogen-bond donors (Lipinski definition) is 1. The fourth-order valence-corrected chi connectivity index (χ4v) is 1.53. The van der Waals surface area contributed by atoms with E-state index in [9.17, 15) is 0 Å². The highest BCUT2D eigenvalue weighted by Gasteiger charge is 2.17. The van der Waals surface area contributed by atoms with Crippen LogP contribution in [0.4, 0.5) is 0 Å². The van der Waals surface area contributed by atoms with Gasteiger partial charge < -0.3 is 9.88 Å². The standard InChI is InChI=1S/C11H21N3/c1-4-5-12-8-11(2,3)9-14-7-6-13-10-14/h6-7,10,12H,4-5,8-9H2,1-3H3. The molecule has 80 valence electrons. The third kappa shape index (κ3) is 3.92. The second-order valence-electron chi connectivity index (χ2n) is 4.58. The number of aromatic nitrogens is 2. The minimum atomic E-state index is 0.288. The second-order valence-corrected chi connectivity index (χ2v) is 4.58. The fraction of sp³-hybridized carbons (Fsp3) is 0.727. The Hall–Kier alpha value is -0.830. The molecule has 0 fully saturated rings. The zero-order chi connectivity index (χ0) is 10.4. The van der Waals surface area contributed by atoms with E-state index in [0.29, 0.717) is 0 Å². The average Bonchev–Trinajstić information content (AvgIpc) is 2.56. The highest BCUT2D eigenvalue weighted by Crippen LogP contribution is 2.16. The minimum Gasteiger partial charge on any atom is -0.337 e. The first-order valence-electron chi connectivity index (χ1n) is 5.30. The molecule has 0 saturated carbocycles. The molecule has 0 bridgehead atoms. The van der Waals surface area contributed by atoms with Crippen LogP contribution in [0.2, 0.25) is 0 Å². The Morgan fingerprint density at radius 2 is 2.21 bits per heavy atom. The molecule has 0 radical (unpaired) electrons. The molecular formula is C11H21N3. The van der Waals surface area contributed by atoms with Crippen LogP contribution in [0.1, 0.15) is 27.2 Å². The van der Waals surface area contributed by atoms with Gasteiger partial charge in [0.1, 0.15) is 0 Å². The van der Waals surface area contributed by atoms with Crippen LogP contribution in [-0.2, 0) is 6.54 Å². The summed E-state index contributed by atoms with van der Waals surface area (Å²) in [4.78, 5) is 4.05. The van der Waals surface area contributed by atoms with Crippen LogP contribution in [-0.4, -0.2) is 22.6 Å². The maximum atomic E-state index is 4.05. The van der Waals surface area contributed by atoms with Crippen LogP contribution < -0.4 is 5.32 Å². The largest absolute Gasteiger partial charge is 0.337 e. The number of nitrogens with one attached hydrogen (secondary N) is 1. The topological polar surface area (TPSA) is 29.9 Å². The molecule has 0 spiro atoms. The van der Waals surface area contributed by atoms with E-state index >= 15 is 0 Å². The average molecular weight is 195 g/mol. The first kappa shape index (κ1) is 11.2. The van der Waals surface area contributed by atoms with Gasteiger partial charge in [-0.2, -0.15) is 0 Å². The van der Waals surface area contributed by atoms with Crippen molar-refractivity contribution in [2.75, 3.05) is 13.1 Å². The van der Waals surface area contributed by atoms with Crippen LogP contribution in [0.15, 0.2) is 18.7 Å². The van der Waals surface area contributed by atoms with Gasteiger partial charge in [-0.3, -0.25) is 0 Å². The normalized spacial score (nSPS) is 11.9. The molecule has 0 aliphatic heterocycles. The minimum absolute atomic E-state index is 0.288. The first-order valence-corrected chi connectivity index (χ1v) is 5.30. The van der Waals surface area contributed by atoms with Gasteiger partial charge in [0.25, 0.3) is 0 Å². The Labute approximate surface area is 86.5 Å². The number of nitrogens with zero attached hydrogens (tertiary/aromatic N) is 2. The summed E-state index contributed by atoms with van der Waals surface area (Å²) < 4.78 is 2.13. The van der Waals surface area contributed by atoms with Gasteiger partial charge in [0.05, 0.1) is 6.33 Å². The monoisotopic (exact) mass is 195 g/mol. The molecular weight excluding hydrogens is 174 g/mol. The van der Waals surface area contributed by atoms with Crippen molar-refractivity contribution in [1.82, 2.24) is 14.9 Å². The summed E-state index contributed by atoms with van der Waals surface area (Å²) >= 11 is 0. The number of rotatable bonds is 6. The predicted molar refractivity (Wildman–Crippen MR) is 59.2 cm³/mol. The van der Waals surface area contributed by atoms with Crippen LogP contribution >= 0.6 is 0 Å². The van der Waals surface area contributed by atoms with Gasteiger partial charge in [-0.1, -0.05) is 20.8 Å². The molecule has 0 aliphatic carbocycles. The molecule has 0 atom stereocenters. The lowest BCUT2D eigenvalue weighted by Crippen LogP contribution is -2.33. The van der Waals surface area contributed by atoms with E-state index in [2.05, 4.69) is 35.6 Å². The molecule has 0 amide bonds. The van der Waals surface area contributed by atoms with Crippen molar-refractivity contribution in [1.29, 1.82) is 0 Å². The first-order chi connectivity index (χ1) is 6.64. The van der Waals surface area contributed by atoms with Crippen molar-refractivity contribution >= 4 is 0 Å². The molecule has 0 aliphatic rings. The summed E-state index contributed by atoms with van der Waals surface area (Å²) in [5.74, 6) is 0. The van der Waals surface area contributed by atoms with Crippen LogP contribution in [0.5, 0.6) is 0 Å². The summed E-state index contributed by atoms with van der Waals surface area (Å²) in [7, 11) is 0. The molecule has 3 heteroatoms. The Morgan fingerprint density at radius 1 is 1.43 bits per heavy atom. The lowest BCUT2D eigenvalue weighted by molar-refractivity contribution is 0.290. The lowest BCUT2D eigenvalue weighted by atomic mass is 9.93. The van der Waals surface area contributed by atoms with Gasteiger partial charge in [0.2, 0.25) is 0 Å². The Morgan fingerprint density at radius 3 is 2.79 bits per heavy atom. The van der Waals surface area contributed by atoms with E-state index in [0.717, 1.165) is 19.6 Å². The van der Waals surface area contributed by atoms with Crippen molar-refractivity contribution in [2.45, 2.75) is 33.7 Å². The van der Waals surface area contributed by atoms with Crippen molar-refractivity contribution < 1.29 is 0 Å². The molecule has 0 unspecified atom stereocenters. The Kier molecular flexibility index (Phi) is 4.14. The van der Waals surface area contributed by atoms with Crippen molar-refractivity contribution in [3.8, 4) is 0 Å². The summed E-state index contributed by atoms with van der Waals surface area (Å²) in [5.41, 5.74) is 0.288. The van der Waals surface area contributed by atoms with E-state index < -0.39 is 0 Å². The van der Waals surface area contributed by atoms with Gasteiger partial charge in [-0.25, -0.2) is 4.98 Å². The molecule has 1 heterocycles. The Balaban J connectivity index is 2.33. The lowest BCUT2D eigenvalue weighted by Gasteiger charge is -2.25. The zero-order valence-electron chi connectivity index (χ0n) is 9.45. The quantitative estimate of drug-likeness (QED) is 0.703. The maximum absolute atomic E-state index is 4.05. The molecule has 0 aromatic carbocycles. The maximum Gasteiger partial charge on any atom is 0.0946 e. The van der Waals surface area contributed by atoms with Crippen molar-refractivity contribution in [3.05, 3.63) is 18.7 Å². The van der Waals surface area contributed by atoms with Crippen LogP contribution in [0, 0.1) is 5.41 Å². The molecule has 1 rings (SSSR count). The van der Waals surface area contributed by atoms with Gasteiger partial charge in [0.15, 0.2) is 0 Å². The smallest absolute Gasteiger partial charge is 0.0946 e. The Bertz CT molecular complexity index is 239. The fourth-order valence-electron chi connectivity index (χ4n) is 1.53. The van der Waals surface area contributed by atoms with Gasteiger partial charge in [-0.05, 0) is 18.4 Å². The summed E-state index contributed by atoms with van der Waals surface area (Å²) in [6.07, 6.45) is 6.92. The van der Waals surface area contributed by atoms with Gasteiger partial charge in [-0.15, -0.1) is 0 Å². The molecule has 0 saturated heterocycles. The predicted octanol–water partition coefficient (Wildman–Crippen LogP) is 1.91. The second kappa shape index (κ2) is 5.15.